The highest BCUT2D eigenvalue weighted by Crippen LogP contribution is 2.13. The summed E-state index contributed by atoms with van der Waals surface area (Å²) in [4.78, 5) is 11.6. The van der Waals surface area contributed by atoms with E-state index in [4.69, 9.17) is 10.5 Å². The number of carbonyl (C=O) groups excluding carboxylic acids is 1. The minimum Gasteiger partial charge on any atom is -0.383 e. The van der Waals surface area contributed by atoms with Gasteiger partial charge in [-0.25, -0.2) is 0 Å². The molecule has 16 heavy (non-hydrogen) atoms. The number of hydrogen-bond acceptors (Lipinski definition) is 4. The molecule has 0 aromatic carbocycles. The molecular formula is C10H18N4O2. The number of aryl methyl sites for hydroxylation is 2. The maximum absolute atomic E-state index is 11.6. The number of anilines is 1. The van der Waals surface area contributed by atoms with Crippen LogP contribution >= 0.6 is 0 Å². The van der Waals surface area contributed by atoms with Crippen LogP contribution in [0.3, 0.4) is 0 Å². The minimum absolute atomic E-state index is 0.202. The highest BCUT2D eigenvalue weighted by Gasteiger charge is 2.15. The Morgan fingerprint density at radius 3 is 3.00 bits per heavy atom. The summed E-state index contributed by atoms with van der Waals surface area (Å²) in [5.74, 6) is -0.260. The number of aromatic nitrogens is 2. The van der Waals surface area contributed by atoms with E-state index >= 15 is 0 Å². The number of ether oxygens (including phenoxy) is 1. The molecule has 0 fully saturated rings. The van der Waals surface area contributed by atoms with Crippen molar-refractivity contribution in [3.05, 3.63) is 11.9 Å². The van der Waals surface area contributed by atoms with E-state index in [0.717, 1.165) is 12.1 Å². The Hall–Kier alpha value is -1.40. The third-order valence-corrected chi connectivity index (χ3v) is 2.18. The van der Waals surface area contributed by atoms with Gasteiger partial charge in [0.25, 0.3) is 0 Å². The minimum atomic E-state index is -0.657. The van der Waals surface area contributed by atoms with Crippen LogP contribution in [-0.4, -0.2) is 35.4 Å². The van der Waals surface area contributed by atoms with Gasteiger partial charge in [-0.3, -0.25) is 9.48 Å². The Morgan fingerprint density at radius 2 is 2.44 bits per heavy atom. The summed E-state index contributed by atoms with van der Waals surface area (Å²) in [7, 11) is 3.32. The van der Waals surface area contributed by atoms with Crippen molar-refractivity contribution in [1.82, 2.24) is 9.78 Å². The van der Waals surface area contributed by atoms with Crippen LogP contribution in [0.1, 0.15) is 12.6 Å². The number of nitrogens with one attached hydrogen (secondary N) is 1. The average molecular weight is 226 g/mol. The predicted molar refractivity (Wildman–Crippen MR) is 61.1 cm³/mol. The SMILES string of the molecule is CCc1nn(C)cc1NC(=O)C(N)COC. The van der Waals surface area contributed by atoms with E-state index in [1.165, 1.54) is 7.11 Å². The van der Waals surface area contributed by atoms with Crippen LogP contribution < -0.4 is 11.1 Å². The van der Waals surface area contributed by atoms with Crippen molar-refractivity contribution >= 4 is 11.6 Å². The molecule has 0 spiro atoms. The zero-order chi connectivity index (χ0) is 12.1. The standard InChI is InChI=1S/C10H18N4O2/c1-4-8-9(5-14(2)13-8)12-10(15)7(11)6-16-3/h5,7H,4,6,11H2,1-3H3,(H,12,15). The average Bonchev–Trinajstić information content (AvgIpc) is 2.59. The van der Waals surface area contributed by atoms with E-state index in [1.54, 1.807) is 10.9 Å². The molecule has 0 aliphatic rings. The first kappa shape index (κ1) is 12.7. The van der Waals surface area contributed by atoms with Crippen LogP contribution in [0.5, 0.6) is 0 Å². The molecule has 1 rings (SSSR count). The first-order chi connectivity index (χ1) is 7.58. The van der Waals surface area contributed by atoms with Crippen molar-refractivity contribution in [2.75, 3.05) is 19.0 Å². The van der Waals surface area contributed by atoms with E-state index in [2.05, 4.69) is 10.4 Å². The monoisotopic (exact) mass is 226 g/mol. The number of nitrogens with two attached hydrogens (primary N) is 1. The van der Waals surface area contributed by atoms with Crippen molar-refractivity contribution in [3.8, 4) is 0 Å². The lowest BCUT2D eigenvalue weighted by Gasteiger charge is -2.10. The van der Waals surface area contributed by atoms with Gasteiger partial charge < -0.3 is 15.8 Å². The molecule has 1 unspecified atom stereocenters. The van der Waals surface area contributed by atoms with Gasteiger partial charge >= 0.3 is 0 Å². The van der Waals surface area contributed by atoms with Gasteiger partial charge in [-0.15, -0.1) is 0 Å². The van der Waals surface area contributed by atoms with Crippen molar-refractivity contribution in [2.24, 2.45) is 12.8 Å². The predicted octanol–water partition coefficient (Wildman–Crippen LogP) is -0.105. The summed E-state index contributed by atoms with van der Waals surface area (Å²) in [6.45, 7) is 2.18. The summed E-state index contributed by atoms with van der Waals surface area (Å²) < 4.78 is 6.48. The second kappa shape index (κ2) is 5.62. The molecular weight excluding hydrogens is 208 g/mol. The van der Waals surface area contributed by atoms with E-state index < -0.39 is 6.04 Å². The lowest BCUT2D eigenvalue weighted by Crippen LogP contribution is -2.39. The second-order valence-corrected chi connectivity index (χ2v) is 3.57. The number of amides is 1. The summed E-state index contributed by atoms with van der Waals surface area (Å²) in [6, 6.07) is -0.657. The summed E-state index contributed by atoms with van der Waals surface area (Å²) in [5, 5.41) is 6.96. The van der Waals surface area contributed by atoms with E-state index in [-0.39, 0.29) is 12.5 Å². The lowest BCUT2D eigenvalue weighted by atomic mass is 10.2. The second-order valence-electron chi connectivity index (χ2n) is 3.57. The van der Waals surface area contributed by atoms with Crippen molar-refractivity contribution in [2.45, 2.75) is 19.4 Å². The zero-order valence-electron chi connectivity index (χ0n) is 9.86. The smallest absolute Gasteiger partial charge is 0.243 e. The maximum Gasteiger partial charge on any atom is 0.243 e. The number of hydrogen-bond donors (Lipinski definition) is 2. The summed E-state index contributed by atoms with van der Waals surface area (Å²) >= 11 is 0. The third-order valence-electron chi connectivity index (χ3n) is 2.18. The lowest BCUT2D eigenvalue weighted by molar-refractivity contribution is -0.118. The molecule has 1 amide bonds. The number of rotatable bonds is 5. The Labute approximate surface area is 94.8 Å². The molecule has 0 aliphatic carbocycles. The number of carbonyl (C=O) groups is 1. The Bertz CT molecular complexity index is 362. The summed E-state index contributed by atoms with van der Waals surface area (Å²) in [6.07, 6.45) is 2.52. The molecule has 90 valence electrons. The first-order valence-electron chi connectivity index (χ1n) is 5.16. The van der Waals surface area contributed by atoms with E-state index in [0.29, 0.717) is 5.69 Å². The highest BCUT2D eigenvalue weighted by molar-refractivity contribution is 5.95. The van der Waals surface area contributed by atoms with Gasteiger partial charge in [-0.05, 0) is 6.42 Å². The first-order valence-corrected chi connectivity index (χ1v) is 5.16. The molecule has 3 N–H and O–H groups in total. The quantitative estimate of drug-likeness (QED) is 0.734. The molecule has 1 aromatic heterocycles. The van der Waals surface area contributed by atoms with Gasteiger partial charge in [-0.2, -0.15) is 5.10 Å². The van der Waals surface area contributed by atoms with Gasteiger partial charge in [0, 0.05) is 20.4 Å². The van der Waals surface area contributed by atoms with E-state index in [9.17, 15) is 4.79 Å². The van der Waals surface area contributed by atoms with Crippen LogP contribution in [-0.2, 0) is 23.0 Å². The molecule has 0 saturated heterocycles. The molecule has 0 aliphatic heterocycles. The van der Waals surface area contributed by atoms with Crippen LogP contribution in [0, 0.1) is 0 Å². The molecule has 1 aromatic rings. The Morgan fingerprint density at radius 1 is 1.75 bits per heavy atom. The van der Waals surface area contributed by atoms with Crippen molar-refractivity contribution in [3.63, 3.8) is 0 Å². The molecule has 6 heteroatoms. The molecule has 0 radical (unpaired) electrons. The fourth-order valence-corrected chi connectivity index (χ4v) is 1.38. The van der Waals surface area contributed by atoms with Crippen LogP contribution in [0.25, 0.3) is 0 Å². The topological polar surface area (TPSA) is 82.2 Å². The van der Waals surface area contributed by atoms with Crippen LogP contribution in [0.15, 0.2) is 6.20 Å². The van der Waals surface area contributed by atoms with Crippen LogP contribution in [0.2, 0.25) is 0 Å². The van der Waals surface area contributed by atoms with E-state index in [1.807, 2.05) is 14.0 Å². The molecule has 0 saturated carbocycles. The van der Waals surface area contributed by atoms with Gasteiger partial charge in [0.05, 0.1) is 18.0 Å². The molecule has 1 heterocycles. The Kier molecular flexibility index (Phi) is 4.45. The zero-order valence-corrected chi connectivity index (χ0v) is 9.86. The van der Waals surface area contributed by atoms with Crippen LogP contribution in [0.4, 0.5) is 5.69 Å². The normalized spacial score (nSPS) is 12.5. The van der Waals surface area contributed by atoms with Gasteiger partial charge in [0.2, 0.25) is 5.91 Å². The van der Waals surface area contributed by atoms with Gasteiger partial charge in [0.15, 0.2) is 0 Å². The van der Waals surface area contributed by atoms with Gasteiger partial charge in [0.1, 0.15) is 6.04 Å². The molecule has 0 bridgehead atoms. The fraction of sp³-hybridized carbons (Fsp3) is 0.600. The summed E-state index contributed by atoms with van der Waals surface area (Å²) in [5.41, 5.74) is 7.17. The fourth-order valence-electron chi connectivity index (χ4n) is 1.38. The number of methoxy groups -OCH3 is 1. The van der Waals surface area contributed by atoms with Gasteiger partial charge in [-0.1, -0.05) is 6.92 Å². The Balaban J connectivity index is 2.68. The highest BCUT2D eigenvalue weighted by atomic mass is 16.5. The van der Waals surface area contributed by atoms with Crippen molar-refractivity contribution < 1.29 is 9.53 Å². The maximum atomic E-state index is 11.6. The molecule has 1 atom stereocenters. The number of nitrogens with zero attached hydrogens (tertiary/aromatic N) is 2. The molecule has 6 nitrogen and oxygen atoms in total. The largest absolute Gasteiger partial charge is 0.383 e. The van der Waals surface area contributed by atoms with Crippen molar-refractivity contribution in [1.29, 1.82) is 0 Å². The third kappa shape index (κ3) is 3.04.